The van der Waals surface area contributed by atoms with Gasteiger partial charge in [0.1, 0.15) is 0 Å². The Morgan fingerprint density at radius 3 is 2.56 bits per heavy atom. The maximum Gasteiger partial charge on any atom is 0.0935 e. The van der Waals surface area contributed by atoms with E-state index in [4.69, 9.17) is 34.8 Å². The molecule has 0 spiro atoms. The van der Waals surface area contributed by atoms with E-state index < -0.39 is 0 Å². The summed E-state index contributed by atoms with van der Waals surface area (Å²) < 4.78 is 0. The van der Waals surface area contributed by atoms with Crippen LogP contribution < -0.4 is 5.43 Å². The highest BCUT2D eigenvalue weighted by atomic mass is 35.5. The third kappa shape index (κ3) is 5.90. The molecule has 0 atom stereocenters. The number of hydrogen-bond donors (Lipinski definition) is 1. The van der Waals surface area contributed by atoms with Crippen LogP contribution in [0.15, 0.2) is 29.4 Å². The van der Waals surface area contributed by atoms with Gasteiger partial charge in [-0.3, -0.25) is 5.43 Å². The fourth-order valence-corrected chi connectivity index (χ4v) is 4.84. The highest BCUT2D eigenvalue weighted by Crippen LogP contribution is 2.33. The monoisotopic (exact) mass is 438 g/mol. The summed E-state index contributed by atoms with van der Waals surface area (Å²) in [6.07, 6.45) is 7.78. The zero-order chi connectivity index (χ0) is 19.2. The Labute approximate surface area is 179 Å². The van der Waals surface area contributed by atoms with E-state index in [2.05, 4.69) is 28.4 Å². The van der Waals surface area contributed by atoms with E-state index in [9.17, 15) is 0 Å². The molecule has 1 N–H and O–H groups in total. The Hall–Kier alpha value is -1.18. The van der Waals surface area contributed by atoms with Crippen LogP contribution in [0, 0.1) is 17.8 Å². The topological polar surface area (TPSA) is 24.4 Å². The van der Waals surface area contributed by atoms with Gasteiger partial charge in [0.25, 0.3) is 0 Å². The highest BCUT2D eigenvalue weighted by Gasteiger charge is 2.11. The first-order valence-corrected chi connectivity index (χ1v) is 11.0. The maximum absolute atomic E-state index is 6.17. The van der Waals surface area contributed by atoms with Gasteiger partial charge in [-0.2, -0.15) is 5.10 Å². The first-order chi connectivity index (χ1) is 13.0. The minimum Gasteiger partial charge on any atom is -0.275 e. The molecule has 1 aromatic carbocycles. The van der Waals surface area contributed by atoms with Crippen LogP contribution in [0.3, 0.4) is 0 Å². The summed E-state index contributed by atoms with van der Waals surface area (Å²) in [4.78, 5) is 2.13. The Morgan fingerprint density at radius 1 is 1.15 bits per heavy atom. The van der Waals surface area contributed by atoms with Crippen LogP contribution in [-0.2, 0) is 0 Å². The second kappa shape index (κ2) is 9.85. The van der Waals surface area contributed by atoms with Gasteiger partial charge in [0, 0.05) is 11.4 Å². The predicted octanol–water partition coefficient (Wildman–Crippen LogP) is 7.87. The van der Waals surface area contributed by atoms with Crippen molar-refractivity contribution in [3.63, 3.8) is 0 Å². The van der Waals surface area contributed by atoms with Crippen molar-refractivity contribution >= 4 is 57.5 Å². The molecule has 6 heteroatoms. The lowest BCUT2D eigenvalue weighted by atomic mass is 9.87. The van der Waals surface area contributed by atoms with Gasteiger partial charge in [0.2, 0.25) is 0 Å². The van der Waals surface area contributed by atoms with Crippen LogP contribution in [0.4, 0.5) is 5.69 Å². The summed E-state index contributed by atoms with van der Waals surface area (Å²) in [6, 6.07) is 7.36. The largest absolute Gasteiger partial charge is 0.275 e. The lowest BCUT2D eigenvalue weighted by molar-refractivity contribution is 0.365. The average Bonchev–Trinajstić information content (AvgIpc) is 3.10. The molecule has 2 aromatic rings. The molecule has 1 aliphatic carbocycles. The molecule has 0 saturated heterocycles. The number of hydrogen-bond acceptors (Lipinski definition) is 3. The molecule has 3 rings (SSSR count). The van der Waals surface area contributed by atoms with Crippen molar-refractivity contribution < 1.29 is 0 Å². The van der Waals surface area contributed by atoms with Gasteiger partial charge in [-0.1, -0.05) is 65.9 Å². The van der Waals surface area contributed by atoms with E-state index in [0.717, 1.165) is 27.8 Å². The minimum atomic E-state index is 0.435. The molecular weight excluding hydrogens is 419 g/mol. The van der Waals surface area contributed by atoms with Crippen LogP contribution >= 0.6 is 46.1 Å². The predicted molar refractivity (Wildman–Crippen MR) is 120 cm³/mol. The lowest BCUT2D eigenvalue weighted by Crippen LogP contribution is -2.04. The highest BCUT2D eigenvalue weighted by molar-refractivity contribution is 7.14. The molecular formula is C21H21Cl3N2S. The van der Waals surface area contributed by atoms with Crippen LogP contribution in [0.2, 0.25) is 15.1 Å². The van der Waals surface area contributed by atoms with E-state index in [1.165, 1.54) is 32.1 Å². The smallest absolute Gasteiger partial charge is 0.0935 e. The molecule has 1 fully saturated rings. The number of thiophene rings is 1. The molecule has 0 aliphatic heterocycles. The average molecular weight is 440 g/mol. The van der Waals surface area contributed by atoms with Crippen molar-refractivity contribution in [2.75, 3.05) is 5.43 Å². The minimum absolute atomic E-state index is 0.435. The standard InChI is InChI=1S/C21H21Cl3N2S/c1-14(25-26-21-18(23)12-16(22)13-19(21)24)20-11-10-17(27-20)9-5-8-15-6-3-2-4-7-15/h10-13,15,26H,2-4,6-8H2,1H3. The first-order valence-electron chi connectivity index (χ1n) is 9.07. The van der Waals surface area contributed by atoms with Crippen molar-refractivity contribution in [1.29, 1.82) is 0 Å². The quantitative estimate of drug-likeness (QED) is 0.292. The molecule has 2 nitrogen and oxygen atoms in total. The lowest BCUT2D eigenvalue weighted by Gasteiger charge is -2.18. The summed E-state index contributed by atoms with van der Waals surface area (Å²) in [5, 5.41) is 5.76. The molecule has 0 radical (unpaired) electrons. The number of nitrogens with one attached hydrogen (secondary N) is 1. The molecule has 0 unspecified atom stereocenters. The van der Waals surface area contributed by atoms with Gasteiger partial charge in [0.05, 0.1) is 31.2 Å². The van der Waals surface area contributed by atoms with Crippen molar-refractivity contribution in [2.24, 2.45) is 11.0 Å². The summed E-state index contributed by atoms with van der Waals surface area (Å²) >= 11 is 19.9. The fourth-order valence-electron chi connectivity index (χ4n) is 3.12. The number of rotatable bonds is 4. The first kappa shape index (κ1) is 20.6. The third-order valence-corrected chi connectivity index (χ3v) is 6.56. The summed E-state index contributed by atoms with van der Waals surface area (Å²) in [5.41, 5.74) is 4.33. The zero-order valence-corrected chi connectivity index (χ0v) is 18.2. The molecule has 142 valence electrons. The summed E-state index contributed by atoms with van der Waals surface area (Å²) in [5.74, 6) is 7.45. The van der Waals surface area contributed by atoms with E-state index >= 15 is 0 Å². The summed E-state index contributed by atoms with van der Waals surface area (Å²) in [6.45, 7) is 1.94. The normalized spacial score (nSPS) is 15.3. The SMILES string of the molecule is CC(=NNc1c(Cl)cc(Cl)cc1Cl)c1ccc(C#CCC2CCCCC2)s1. The van der Waals surface area contributed by atoms with Gasteiger partial charge < -0.3 is 0 Å². The third-order valence-electron chi connectivity index (χ3n) is 4.63. The molecule has 0 bridgehead atoms. The van der Waals surface area contributed by atoms with Gasteiger partial charge in [0.15, 0.2) is 0 Å². The van der Waals surface area contributed by atoms with Crippen LogP contribution in [0.25, 0.3) is 0 Å². The van der Waals surface area contributed by atoms with Gasteiger partial charge >= 0.3 is 0 Å². The Morgan fingerprint density at radius 2 is 1.85 bits per heavy atom. The molecule has 0 amide bonds. The number of benzene rings is 1. The summed E-state index contributed by atoms with van der Waals surface area (Å²) in [7, 11) is 0. The van der Waals surface area contributed by atoms with E-state index in [1.807, 2.05) is 13.0 Å². The number of hydrazone groups is 1. The van der Waals surface area contributed by atoms with Crippen molar-refractivity contribution in [3.05, 3.63) is 49.1 Å². The Kier molecular flexibility index (Phi) is 7.49. The van der Waals surface area contributed by atoms with Gasteiger partial charge in [-0.25, -0.2) is 0 Å². The number of halogens is 3. The van der Waals surface area contributed by atoms with Crippen molar-refractivity contribution in [1.82, 2.24) is 0 Å². The van der Waals surface area contributed by atoms with Gasteiger partial charge in [-0.05, 0) is 49.9 Å². The maximum atomic E-state index is 6.17. The van der Waals surface area contributed by atoms with E-state index in [1.54, 1.807) is 23.5 Å². The van der Waals surface area contributed by atoms with Crippen LogP contribution in [0.5, 0.6) is 0 Å². The van der Waals surface area contributed by atoms with E-state index in [-0.39, 0.29) is 0 Å². The van der Waals surface area contributed by atoms with Crippen LogP contribution in [0.1, 0.15) is 55.2 Å². The van der Waals surface area contributed by atoms with Crippen molar-refractivity contribution in [3.8, 4) is 11.8 Å². The number of anilines is 1. The zero-order valence-electron chi connectivity index (χ0n) is 15.1. The molecule has 1 heterocycles. The Balaban J connectivity index is 1.63. The molecule has 1 aliphatic rings. The second-order valence-corrected chi connectivity index (χ2v) is 9.06. The second-order valence-electron chi connectivity index (χ2n) is 6.73. The molecule has 27 heavy (non-hydrogen) atoms. The van der Waals surface area contributed by atoms with Gasteiger partial charge in [-0.15, -0.1) is 11.3 Å². The molecule has 1 saturated carbocycles. The van der Waals surface area contributed by atoms with Crippen molar-refractivity contribution in [2.45, 2.75) is 45.4 Å². The Bertz CT molecular complexity index is 863. The fraction of sp³-hybridized carbons (Fsp3) is 0.381. The molecule has 1 aromatic heterocycles. The van der Waals surface area contributed by atoms with E-state index in [0.29, 0.717) is 20.8 Å². The van der Waals surface area contributed by atoms with Crippen LogP contribution in [-0.4, -0.2) is 5.71 Å². The number of nitrogens with zero attached hydrogens (tertiary/aromatic N) is 1.